The molecule has 0 unspecified atom stereocenters. The molecule has 1 aromatic carbocycles. The van der Waals surface area contributed by atoms with Crippen LogP contribution in [0, 0.1) is 0 Å². The first kappa shape index (κ1) is 17.5. The molecule has 124 valence electrons. The quantitative estimate of drug-likeness (QED) is 0.893. The molecule has 0 bridgehead atoms. The maximum Gasteiger partial charge on any atom is 0.253 e. The average molecular weight is 357 g/mol. The van der Waals surface area contributed by atoms with Gasteiger partial charge in [-0.05, 0) is 37.3 Å². The Labute approximate surface area is 140 Å². The van der Waals surface area contributed by atoms with E-state index in [-0.39, 0.29) is 21.5 Å². The summed E-state index contributed by atoms with van der Waals surface area (Å²) in [7, 11) is -0.807. The minimum Gasteiger partial charge on any atom is -0.467 e. The van der Waals surface area contributed by atoms with Crippen LogP contribution < -0.4 is 5.32 Å². The summed E-state index contributed by atoms with van der Waals surface area (Å²) in [6, 6.07) is 7.11. The highest BCUT2D eigenvalue weighted by molar-refractivity contribution is 7.89. The Balaban J connectivity index is 2.30. The van der Waals surface area contributed by atoms with Gasteiger partial charge in [-0.15, -0.1) is 0 Å². The number of nitrogens with zero attached hydrogens (tertiary/aromatic N) is 1. The third kappa shape index (κ3) is 3.74. The highest BCUT2D eigenvalue weighted by atomic mass is 35.5. The van der Waals surface area contributed by atoms with Gasteiger partial charge in [-0.1, -0.05) is 11.6 Å². The lowest BCUT2D eigenvalue weighted by Gasteiger charge is -2.15. The molecule has 0 spiro atoms. The fraction of sp³-hybridized carbons (Fsp3) is 0.267. The zero-order valence-corrected chi connectivity index (χ0v) is 14.5. The van der Waals surface area contributed by atoms with Crippen molar-refractivity contribution in [2.24, 2.45) is 0 Å². The maximum absolute atomic E-state index is 12.4. The molecular weight excluding hydrogens is 340 g/mol. The van der Waals surface area contributed by atoms with Crippen LogP contribution in [-0.2, 0) is 10.0 Å². The molecule has 6 nitrogen and oxygen atoms in total. The summed E-state index contributed by atoms with van der Waals surface area (Å²) in [5.74, 6) is 0.112. The Hall–Kier alpha value is -1.83. The molecule has 0 fully saturated rings. The molecule has 8 heteroatoms. The number of sulfonamides is 1. The van der Waals surface area contributed by atoms with Crippen LogP contribution in [0.5, 0.6) is 0 Å². The highest BCUT2D eigenvalue weighted by Gasteiger charge is 2.22. The van der Waals surface area contributed by atoms with Crippen molar-refractivity contribution in [3.63, 3.8) is 0 Å². The van der Waals surface area contributed by atoms with Crippen LogP contribution in [0.2, 0.25) is 5.02 Å². The SMILES string of the molecule is C[C@H](NC(=O)c1cc(S(=O)(=O)N(C)C)ccc1Cl)c1ccco1. The van der Waals surface area contributed by atoms with Crippen molar-refractivity contribution in [1.29, 1.82) is 0 Å². The summed E-state index contributed by atoms with van der Waals surface area (Å²) in [4.78, 5) is 12.4. The van der Waals surface area contributed by atoms with Crippen LogP contribution in [0.1, 0.15) is 29.1 Å². The number of carbonyl (C=O) groups is 1. The van der Waals surface area contributed by atoms with Crippen molar-refractivity contribution >= 4 is 27.5 Å². The molecule has 0 saturated heterocycles. The summed E-state index contributed by atoms with van der Waals surface area (Å²) >= 11 is 6.04. The van der Waals surface area contributed by atoms with Gasteiger partial charge in [0.15, 0.2) is 0 Å². The summed E-state index contributed by atoms with van der Waals surface area (Å²) in [6.07, 6.45) is 1.51. The van der Waals surface area contributed by atoms with Crippen LogP contribution in [-0.4, -0.2) is 32.7 Å². The second kappa shape index (κ2) is 6.74. The first-order valence-corrected chi connectivity index (χ1v) is 8.61. The van der Waals surface area contributed by atoms with Gasteiger partial charge in [-0.2, -0.15) is 0 Å². The third-order valence-corrected chi connectivity index (χ3v) is 5.42. The Bertz CT molecular complexity index is 801. The summed E-state index contributed by atoms with van der Waals surface area (Å²) < 4.78 is 30.6. The first-order chi connectivity index (χ1) is 10.7. The first-order valence-electron chi connectivity index (χ1n) is 6.80. The van der Waals surface area contributed by atoms with Gasteiger partial charge in [0.05, 0.1) is 27.8 Å². The van der Waals surface area contributed by atoms with Crippen molar-refractivity contribution in [3.05, 3.63) is 52.9 Å². The van der Waals surface area contributed by atoms with Gasteiger partial charge in [0.1, 0.15) is 5.76 Å². The predicted octanol–water partition coefficient (Wildman–Crippen LogP) is 2.67. The summed E-state index contributed by atoms with van der Waals surface area (Å²) in [6.45, 7) is 1.76. The van der Waals surface area contributed by atoms with Crippen LogP contribution in [0.4, 0.5) is 0 Å². The van der Waals surface area contributed by atoms with E-state index < -0.39 is 15.9 Å². The Morgan fingerprint density at radius 2 is 2.00 bits per heavy atom. The number of halogens is 1. The normalized spacial score (nSPS) is 13.1. The second-order valence-electron chi connectivity index (χ2n) is 5.14. The van der Waals surface area contributed by atoms with E-state index in [0.29, 0.717) is 5.76 Å². The van der Waals surface area contributed by atoms with Gasteiger partial charge < -0.3 is 9.73 Å². The number of nitrogens with one attached hydrogen (secondary N) is 1. The molecular formula is C15H17ClN2O4S. The molecule has 0 aliphatic heterocycles. The monoisotopic (exact) mass is 356 g/mol. The number of furan rings is 1. The number of hydrogen-bond acceptors (Lipinski definition) is 4. The second-order valence-corrected chi connectivity index (χ2v) is 7.70. The number of rotatable bonds is 5. The number of benzene rings is 1. The van der Waals surface area contributed by atoms with E-state index in [1.54, 1.807) is 19.1 Å². The lowest BCUT2D eigenvalue weighted by atomic mass is 10.2. The lowest BCUT2D eigenvalue weighted by molar-refractivity contribution is 0.0935. The maximum atomic E-state index is 12.4. The summed E-state index contributed by atoms with van der Waals surface area (Å²) in [5, 5.41) is 2.89. The minimum atomic E-state index is -3.65. The molecule has 1 N–H and O–H groups in total. The van der Waals surface area contributed by atoms with Crippen molar-refractivity contribution in [2.75, 3.05) is 14.1 Å². The van der Waals surface area contributed by atoms with Crippen LogP contribution in [0.25, 0.3) is 0 Å². The zero-order valence-electron chi connectivity index (χ0n) is 12.9. The molecule has 0 aliphatic carbocycles. The van der Waals surface area contributed by atoms with E-state index in [1.807, 2.05) is 0 Å². The number of amides is 1. The van der Waals surface area contributed by atoms with Crippen molar-refractivity contribution in [1.82, 2.24) is 9.62 Å². The Kier molecular flexibility index (Phi) is 5.13. The van der Waals surface area contributed by atoms with Gasteiger partial charge in [0, 0.05) is 14.1 Å². The van der Waals surface area contributed by atoms with Crippen molar-refractivity contribution in [2.45, 2.75) is 17.9 Å². The van der Waals surface area contributed by atoms with E-state index in [9.17, 15) is 13.2 Å². The van der Waals surface area contributed by atoms with Crippen molar-refractivity contribution < 1.29 is 17.6 Å². The minimum absolute atomic E-state index is 0.00250. The van der Waals surface area contributed by atoms with Gasteiger partial charge >= 0.3 is 0 Å². The zero-order chi connectivity index (χ0) is 17.2. The standard InChI is InChI=1S/C15H17ClN2O4S/c1-10(14-5-4-8-22-14)17-15(19)12-9-11(6-7-13(12)16)23(20,21)18(2)3/h4-10H,1-3H3,(H,17,19)/t10-/m0/s1. The molecule has 1 atom stereocenters. The lowest BCUT2D eigenvalue weighted by Crippen LogP contribution is -2.27. The molecule has 1 aromatic heterocycles. The third-order valence-electron chi connectivity index (χ3n) is 3.28. The fourth-order valence-corrected chi connectivity index (χ4v) is 3.06. The molecule has 2 rings (SSSR count). The van der Waals surface area contributed by atoms with Crippen molar-refractivity contribution in [3.8, 4) is 0 Å². The van der Waals surface area contributed by atoms with Gasteiger partial charge in [0.25, 0.3) is 5.91 Å². The number of carbonyl (C=O) groups excluding carboxylic acids is 1. The van der Waals surface area contributed by atoms with E-state index in [4.69, 9.17) is 16.0 Å². The highest BCUT2D eigenvalue weighted by Crippen LogP contribution is 2.23. The summed E-state index contributed by atoms with van der Waals surface area (Å²) in [5.41, 5.74) is 0.0907. The fourth-order valence-electron chi connectivity index (χ4n) is 1.93. The Morgan fingerprint density at radius 1 is 1.30 bits per heavy atom. The smallest absolute Gasteiger partial charge is 0.253 e. The molecule has 23 heavy (non-hydrogen) atoms. The Morgan fingerprint density at radius 3 is 2.57 bits per heavy atom. The van der Waals surface area contributed by atoms with E-state index in [2.05, 4.69) is 5.32 Å². The van der Waals surface area contributed by atoms with Gasteiger partial charge in [-0.25, -0.2) is 12.7 Å². The molecule has 2 aromatic rings. The van der Waals surface area contributed by atoms with Crippen LogP contribution in [0.15, 0.2) is 45.9 Å². The van der Waals surface area contributed by atoms with Crippen LogP contribution >= 0.6 is 11.6 Å². The topological polar surface area (TPSA) is 79.6 Å². The van der Waals surface area contributed by atoms with E-state index >= 15 is 0 Å². The van der Waals surface area contributed by atoms with Crippen LogP contribution in [0.3, 0.4) is 0 Å². The molecule has 0 radical (unpaired) electrons. The van der Waals surface area contributed by atoms with Gasteiger partial charge in [0.2, 0.25) is 10.0 Å². The molecule has 1 amide bonds. The van der Waals surface area contributed by atoms with E-state index in [1.165, 1.54) is 38.6 Å². The molecule has 0 aliphatic rings. The predicted molar refractivity (Wildman–Crippen MR) is 86.9 cm³/mol. The van der Waals surface area contributed by atoms with E-state index in [0.717, 1.165) is 4.31 Å². The molecule has 0 saturated carbocycles. The average Bonchev–Trinajstić information content (AvgIpc) is 3.01. The molecule has 1 heterocycles. The van der Waals surface area contributed by atoms with Gasteiger partial charge in [-0.3, -0.25) is 4.79 Å². The largest absolute Gasteiger partial charge is 0.467 e. The number of hydrogen-bond donors (Lipinski definition) is 1.